The van der Waals surface area contributed by atoms with E-state index in [0.717, 1.165) is 11.1 Å². The molecule has 5 nitrogen and oxygen atoms in total. The first-order valence-corrected chi connectivity index (χ1v) is 6.47. The zero-order valence-corrected chi connectivity index (χ0v) is 11.6. The third-order valence-electron chi connectivity index (χ3n) is 3.15. The number of rotatable bonds is 6. The number of carboxylic acids is 1. The summed E-state index contributed by atoms with van der Waals surface area (Å²) in [6.45, 7) is 2.49. The summed E-state index contributed by atoms with van der Waals surface area (Å²) in [5, 5.41) is 8.55. The number of benzene rings is 1. The molecule has 0 amide bonds. The van der Waals surface area contributed by atoms with Gasteiger partial charge in [-0.3, -0.25) is 9.59 Å². The maximum absolute atomic E-state index is 12.0. The Labute approximate surface area is 121 Å². The highest BCUT2D eigenvalue weighted by Gasteiger charge is 2.19. The molecule has 1 heterocycles. The lowest BCUT2D eigenvalue weighted by Gasteiger charge is -2.08. The molecule has 0 atom stereocenters. The molecule has 1 aromatic carbocycles. The molecular formula is C16H15NO4. The lowest BCUT2D eigenvalue weighted by Crippen LogP contribution is -2.19. The molecule has 0 aliphatic carbocycles. The summed E-state index contributed by atoms with van der Waals surface area (Å²) in [6, 6.07) is 11.2. The van der Waals surface area contributed by atoms with Gasteiger partial charge in [-0.2, -0.15) is 0 Å². The first kappa shape index (κ1) is 14.7. The highest BCUT2D eigenvalue weighted by Crippen LogP contribution is 2.11. The van der Waals surface area contributed by atoms with Crippen LogP contribution in [0.5, 0.6) is 0 Å². The van der Waals surface area contributed by atoms with Crippen LogP contribution in [0.4, 0.5) is 0 Å². The third-order valence-corrected chi connectivity index (χ3v) is 3.15. The van der Waals surface area contributed by atoms with Crippen LogP contribution in [0, 0.1) is 6.92 Å². The van der Waals surface area contributed by atoms with E-state index in [1.807, 2.05) is 31.2 Å². The lowest BCUT2D eigenvalue weighted by atomic mass is 10.1. The zero-order chi connectivity index (χ0) is 15.4. The van der Waals surface area contributed by atoms with E-state index in [1.54, 1.807) is 22.9 Å². The molecule has 2 aromatic rings. The fourth-order valence-electron chi connectivity index (χ4n) is 2.01. The highest BCUT2D eigenvalue weighted by molar-refractivity contribution is 6.37. The number of aliphatic carboxylic acids is 1. The van der Waals surface area contributed by atoms with Gasteiger partial charge >= 0.3 is 5.97 Å². The molecule has 0 fully saturated rings. The Bertz CT molecular complexity index is 683. The Morgan fingerprint density at radius 3 is 2.38 bits per heavy atom. The molecule has 0 saturated carbocycles. The highest BCUT2D eigenvalue weighted by atomic mass is 16.4. The van der Waals surface area contributed by atoms with Gasteiger partial charge in [0.25, 0.3) is 0 Å². The number of carbonyl (C=O) groups excluding carboxylic acids is 2. The fraction of sp³-hybridized carbons (Fsp3) is 0.188. The van der Waals surface area contributed by atoms with Crippen LogP contribution in [-0.2, 0) is 16.1 Å². The van der Waals surface area contributed by atoms with Gasteiger partial charge in [0.05, 0.1) is 12.1 Å². The van der Waals surface area contributed by atoms with Crippen molar-refractivity contribution in [2.75, 3.05) is 0 Å². The largest absolute Gasteiger partial charge is 0.475 e. The first-order chi connectivity index (χ1) is 9.97. The number of carbonyl (C=O) groups is 3. The molecule has 0 radical (unpaired) electrons. The average molecular weight is 285 g/mol. The number of hydrogen-bond acceptors (Lipinski definition) is 3. The van der Waals surface area contributed by atoms with Crippen molar-refractivity contribution in [1.29, 1.82) is 0 Å². The lowest BCUT2D eigenvalue weighted by molar-refractivity contribution is -0.148. The average Bonchev–Trinajstić information content (AvgIpc) is 2.89. The summed E-state index contributed by atoms with van der Waals surface area (Å²) < 4.78 is 1.71. The predicted octanol–water partition coefficient (Wildman–Crippen LogP) is 2.07. The van der Waals surface area contributed by atoms with Crippen LogP contribution in [0.1, 0.15) is 28.0 Å². The summed E-state index contributed by atoms with van der Waals surface area (Å²) in [7, 11) is 0. The number of ketones is 2. The van der Waals surface area contributed by atoms with Crippen molar-refractivity contribution in [1.82, 2.24) is 4.57 Å². The molecular weight excluding hydrogens is 270 g/mol. The first-order valence-electron chi connectivity index (χ1n) is 6.47. The molecule has 1 N–H and O–H groups in total. The Balaban J connectivity index is 2.14. The molecule has 1 aromatic heterocycles. The topological polar surface area (TPSA) is 76.4 Å². The van der Waals surface area contributed by atoms with Crippen molar-refractivity contribution >= 4 is 17.5 Å². The van der Waals surface area contributed by atoms with Crippen LogP contribution < -0.4 is 0 Å². The number of aromatic nitrogens is 1. The minimum Gasteiger partial charge on any atom is -0.475 e. The van der Waals surface area contributed by atoms with Crippen molar-refractivity contribution in [3.05, 3.63) is 59.4 Å². The second-order valence-electron chi connectivity index (χ2n) is 4.84. The zero-order valence-electron chi connectivity index (χ0n) is 11.6. The summed E-state index contributed by atoms with van der Waals surface area (Å²) in [6.07, 6.45) is 1.12. The van der Waals surface area contributed by atoms with E-state index in [4.69, 9.17) is 5.11 Å². The van der Waals surface area contributed by atoms with E-state index >= 15 is 0 Å². The standard InChI is InChI=1S/C16H15NO4/c1-11-4-6-12(7-5-11)10-17-8-2-3-13(17)14(18)9-15(19)16(20)21/h2-8H,9-10H2,1H3,(H,20,21). The minimum absolute atomic E-state index is 0.338. The molecule has 0 aliphatic heterocycles. The number of carboxylic acid groups (broad SMARTS) is 1. The van der Waals surface area contributed by atoms with Crippen LogP contribution in [0.15, 0.2) is 42.6 Å². The molecule has 21 heavy (non-hydrogen) atoms. The van der Waals surface area contributed by atoms with E-state index in [0.29, 0.717) is 12.2 Å². The summed E-state index contributed by atoms with van der Waals surface area (Å²) in [4.78, 5) is 33.6. The predicted molar refractivity (Wildman–Crippen MR) is 76.3 cm³/mol. The van der Waals surface area contributed by atoms with Crippen molar-refractivity contribution < 1.29 is 19.5 Å². The van der Waals surface area contributed by atoms with E-state index in [-0.39, 0.29) is 0 Å². The maximum atomic E-state index is 12.0. The second kappa shape index (κ2) is 6.17. The summed E-state index contributed by atoms with van der Waals surface area (Å²) in [5.41, 5.74) is 2.51. The van der Waals surface area contributed by atoms with E-state index in [1.165, 1.54) is 0 Å². The maximum Gasteiger partial charge on any atom is 0.372 e. The molecule has 0 aliphatic rings. The molecule has 0 spiro atoms. The van der Waals surface area contributed by atoms with E-state index in [9.17, 15) is 14.4 Å². The summed E-state index contributed by atoms with van der Waals surface area (Å²) in [5.74, 6) is -3.16. The van der Waals surface area contributed by atoms with Gasteiger partial charge in [0.15, 0.2) is 5.78 Å². The Kier molecular flexibility index (Phi) is 4.33. The summed E-state index contributed by atoms with van der Waals surface area (Å²) >= 11 is 0. The molecule has 0 unspecified atom stereocenters. The smallest absolute Gasteiger partial charge is 0.372 e. The van der Waals surface area contributed by atoms with Gasteiger partial charge in [0.2, 0.25) is 5.78 Å². The molecule has 5 heteroatoms. The van der Waals surface area contributed by atoms with Crippen LogP contribution in [0.2, 0.25) is 0 Å². The van der Waals surface area contributed by atoms with Gasteiger partial charge < -0.3 is 9.67 Å². The fourth-order valence-corrected chi connectivity index (χ4v) is 2.01. The second-order valence-corrected chi connectivity index (χ2v) is 4.84. The Morgan fingerprint density at radius 2 is 1.76 bits per heavy atom. The van der Waals surface area contributed by atoms with Crippen molar-refractivity contribution in [2.45, 2.75) is 19.9 Å². The third kappa shape index (κ3) is 3.66. The van der Waals surface area contributed by atoms with Crippen LogP contribution in [0.3, 0.4) is 0 Å². The number of nitrogens with zero attached hydrogens (tertiary/aromatic N) is 1. The van der Waals surface area contributed by atoms with E-state index < -0.39 is 24.0 Å². The van der Waals surface area contributed by atoms with Gasteiger partial charge in [0.1, 0.15) is 0 Å². The monoisotopic (exact) mass is 285 g/mol. The Morgan fingerprint density at radius 1 is 1.10 bits per heavy atom. The number of hydrogen-bond donors (Lipinski definition) is 1. The van der Waals surface area contributed by atoms with Crippen molar-refractivity contribution in [3.63, 3.8) is 0 Å². The van der Waals surface area contributed by atoms with Gasteiger partial charge in [-0.1, -0.05) is 29.8 Å². The normalized spacial score (nSPS) is 10.3. The molecule has 0 saturated heterocycles. The van der Waals surface area contributed by atoms with E-state index in [2.05, 4.69) is 0 Å². The molecule has 0 bridgehead atoms. The van der Waals surface area contributed by atoms with Gasteiger partial charge in [-0.15, -0.1) is 0 Å². The number of aryl methyl sites for hydroxylation is 1. The van der Waals surface area contributed by atoms with Gasteiger partial charge in [-0.25, -0.2) is 4.79 Å². The van der Waals surface area contributed by atoms with Crippen molar-refractivity contribution in [2.24, 2.45) is 0 Å². The SMILES string of the molecule is Cc1ccc(Cn2cccc2C(=O)CC(=O)C(=O)O)cc1. The number of Topliss-reactive ketones (excluding diaryl/α,β-unsaturated/α-hetero) is 2. The molecule has 108 valence electrons. The Hall–Kier alpha value is -2.69. The van der Waals surface area contributed by atoms with Crippen LogP contribution in [0.25, 0.3) is 0 Å². The van der Waals surface area contributed by atoms with Gasteiger partial charge in [-0.05, 0) is 24.6 Å². The minimum atomic E-state index is -1.58. The van der Waals surface area contributed by atoms with Crippen LogP contribution in [-0.4, -0.2) is 27.2 Å². The quantitative estimate of drug-likeness (QED) is 0.501. The molecule has 2 rings (SSSR count). The van der Waals surface area contributed by atoms with Crippen molar-refractivity contribution in [3.8, 4) is 0 Å². The van der Waals surface area contributed by atoms with Crippen LogP contribution >= 0.6 is 0 Å². The van der Waals surface area contributed by atoms with Gasteiger partial charge in [0, 0.05) is 12.7 Å².